The average molecular weight is 310 g/mol. The van der Waals surface area contributed by atoms with Crippen molar-refractivity contribution in [1.82, 2.24) is 10.2 Å². The summed E-state index contributed by atoms with van der Waals surface area (Å²) in [6, 6.07) is 0.0363. The third-order valence-corrected chi connectivity index (χ3v) is 5.12. The minimum Gasteiger partial charge on any atom is -0.377 e. The van der Waals surface area contributed by atoms with Gasteiger partial charge in [0, 0.05) is 19.7 Å². The van der Waals surface area contributed by atoms with Crippen LogP contribution in [0.15, 0.2) is 10.8 Å². The molecule has 5 nitrogen and oxygen atoms in total. The van der Waals surface area contributed by atoms with Crippen molar-refractivity contribution in [1.29, 1.82) is 0 Å². The Morgan fingerprint density at radius 3 is 3.10 bits per heavy atom. The predicted molar refractivity (Wildman–Crippen MR) is 81.6 cm³/mol. The zero-order valence-electron chi connectivity index (χ0n) is 12.3. The smallest absolute Gasteiger partial charge is 0.318 e. The predicted octanol–water partition coefficient (Wildman–Crippen LogP) is 2.15. The zero-order chi connectivity index (χ0) is 14.7. The van der Waals surface area contributed by atoms with Crippen molar-refractivity contribution < 1.29 is 14.3 Å². The minimum atomic E-state index is -0.00981. The van der Waals surface area contributed by atoms with Crippen molar-refractivity contribution >= 4 is 17.4 Å². The van der Waals surface area contributed by atoms with Gasteiger partial charge in [0.05, 0.1) is 25.4 Å². The summed E-state index contributed by atoms with van der Waals surface area (Å²) in [6.07, 6.45) is 2.21. The van der Waals surface area contributed by atoms with Crippen molar-refractivity contribution in [2.45, 2.75) is 38.5 Å². The lowest BCUT2D eigenvalue weighted by molar-refractivity contribution is -0.0473. The van der Waals surface area contributed by atoms with Crippen LogP contribution in [0.25, 0.3) is 0 Å². The van der Waals surface area contributed by atoms with Crippen molar-refractivity contribution in [2.75, 3.05) is 26.4 Å². The molecular formula is C15H22N2O3S. The summed E-state index contributed by atoms with van der Waals surface area (Å²) in [4.78, 5) is 14.4. The maximum absolute atomic E-state index is 12.5. The average Bonchev–Trinajstić information content (AvgIpc) is 3.16. The van der Waals surface area contributed by atoms with Crippen molar-refractivity contribution in [3.63, 3.8) is 0 Å². The number of urea groups is 1. The first-order valence-electron chi connectivity index (χ1n) is 7.51. The van der Waals surface area contributed by atoms with Gasteiger partial charge >= 0.3 is 6.03 Å². The molecule has 2 fully saturated rings. The van der Waals surface area contributed by atoms with Gasteiger partial charge in [-0.15, -0.1) is 0 Å². The van der Waals surface area contributed by atoms with E-state index in [9.17, 15) is 4.79 Å². The molecule has 21 heavy (non-hydrogen) atoms. The van der Waals surface area contributed by atoms with Crippen LogP contribution < -0.4 is 5.32 Å². The molecular weight excluding hydrogens is 288 g/mol. The van der Waals surface area contributed by atoms with E-state index >= 15 is 0 Å². The van der Waals surface area contributed by atoms with Gasteiger partial charge in [-0.3, -0.25) is 0 Å². The highest BCUT2D eigenvalue weighted by atomic mass is 32.1. The van der Waals surface area contributed by atoms with E-state index in [0.717, 1.165) is 19.4 Å². The summed E-state index contributed by atoms with van der Waals surface area (Å²) in [7, 11) is 0. The molecule has 0 radical (unpaired) electrons. The SMILES string of the molecule is Cc1cscc1CNC(=O)N1CCOCC1C1CCCO1. The molecule has 6 heteroatoms. The third kappa shape index (κ3) is 3.39. The Morgan fingerprint density at radius 1 is 1.48 bits per heavy atom. The molecule has 2 saturated heterocycles. The first-order chi connectivity index (χ1) is 10.3. The number of thiophene rings is 1. The van der Waals surface area contributed by atoms with Gasteiger partial charge in [-0.2, -0.15) is 11.3 Å². The van der Waals surface area contributed by atoms with Gasteiger partial charge in [-0.05, 0) is 41.7 Å². The van der Waals surface area contributed by atoms with Crippen LogP contribution in [0.3, 0.4) is 0 Å². The molecule has 3 rings (SSSR count). The first-order valence-corrected chi connectivity index (χ1v) is 8.45. The molecule has 3 heterocycles. The Bertz CT molecular complexity index is 485. The lowest BCUT2D eigenvalue weighted by Crippen LogP contribution is -2.56. The topological polar surface area (TPSA) is 50.8 Å². The summed E-state index contributed by atoms with van der Waals surface area (Å²) in [5, 5.41) is 7.22. The molecule has 1 N–H and O–H groups in total. The molecule has 0 saturated carbocycles. The molecule has 2 atom stereocenters. The van der Waals surface area contributed by atoms with Crippen LogP contribution in [0.5, 0.6) is 0 Å². The third-order valence-electron chi connectivity index (χ3n) is 4.21. The van der Waals surface area contributed by atoms with Gasteiger partial charge in [0.25, 0.3) is 0 Å². The van der Waals surface area contributed by atoms with Gasteiger partial charge in [0.2, 0.25) is 0 Å². The highest BCUT2D eigenvalue weighted by Gasteiger charge is 2.35. The van der Waals surface area contributed by atoms with Gasteiger partial charge in [0.15, 0.2) is 0 Å². The van der Waals surface area contributed by atoms with E-state index in [-0.39, 0.29) is 18.2 Å². The van der Waals surface area contributed by atoms with Gasteiger partial charge in [0.1, 0.15) is 0 Å². The van der Waals surface area contributed by atoms with Crippen LogP contribution >= 0.6 is 11.3 Å². The number of morpholine rings is 1. The number of nitrogens with one attached hydrogen (secondary N) is 1. The second kappa shape index (κ2) is 6.77. The van der Waals surface area contributed by atoms with E-state index in [1.807, 2.05) is 4.90 Å². The molecule has 116 valence electrons. The van der Waals surface area contributed by atoms with Gasteiger partial charge in [-0.1, -0.05) is 0 Å². The molecule has 2 amide bonds. The number of hydrogen-bond donors (Lipinski definition) is 1. The Balaban J connectivity index is 1.59. The number of carbonyl (C=O) groups excluding carboxylic acids is 1. The summed E-state index contributed by atoms with van der Waals surface area (Å²) < 4.78 is 11.3. The summed E-state index contributed by atoms with van der Waals surface area (Å²) >= 11 is 1.67. The monoisotopic (exact) mass is 310 g/mol. The summed E-state index contributed by atoms with van der Waals surface area (Å²) in [5.41, 5.74) is 2.42. The number of rotatable bonds is 3. The molecule has 0 aliphatic carbocycles. The fraction of sp³-hybridized carbons (Fsp3) is 0.667. The second-order valence-corrected chi connectivity index (χ2v) is 6.37. The number of amides is 2. The minimum absolute atomic E-state index is 0.00981. The molecule has 0 spiro atoms. The fourth-order valence-corrected chi connectivity index (χ4v) is 3.79. The van der Waals surface area contributed by atoms with Crippen molar-refractivity contribution in [2.24, 2.45) is 0 Å². The molecule has 2 aliphatic rings. The molecule has 1 aromatic rings. The Morgan fingerprint density at radius 2 is 2.38 bits per heavy atom. The number of carbonyl (C=O) groups is 1. The van der Waals surface area contributed by atoms with E-state index in [2.05, 4.69) is 23.0 Å². The molecule has 1 aromatic heterocycles. The van der Waals surface area contributed by atoms with E-state index in [4.69, 9.17) is 9.47 Å². The van der Waals surface area contributed by atoms with Crippen LogP contribution in [-0.2, 0) is 16.0 Å². The number of hydrogen-bond acceptors (Lipinski definition) is 4. The number of aryl methyl sites for hydroxylation is 1. The Labute approximate surface area is 129 Å². The van der Waals surface area contributed by atoms with Crippen LogP contribution in [0.4, 0.5) is 4.79 Å². The van der Waals surface area contributed by atoms with Crippen LogP contribution in [0.1, 0.15) is 24.0 Å². The van der Waals surface area contributed by atoms with Crippen LogP contribution in [0.2, 0.25) is 0 Å². The van der Waals surface area contributed by atoms with E-state index in [1.54, 1.807) is 11.3 Å². The van der Waals surface area contributed by atoms with Gasteiger partial charge < -0.3 is 19.7 Å². The fourth-order valence-electron chi connectivity index (χ4n) is 2.93. The highest BCUT2D eigenvalue weighted by Crippen LogP contribution is 2.22. The quantitative estimate of drug-likeness (QED) is 0.930. The highest BCUT2D eigenvalue weighted by molar-refractivity contribution is 7.08. The standard InChI is InChI=1S/C15H22N2O3S/c1-11-9-21-10-12(11)7-16-15(18)17-4-6-19-8-13(17)14-3-2-5-20-14/h9-10,13-14H,2-8H2,1H3,(H,16,18). The molecule has 2 unspecified atom stereocenters. The first kappa shape index (κ1) is 14.8. The van der Waals surface area contributed by atoms with Crippen LogP contribution in [-0.4, -0.2) is 49.4 Å². The van der Waals surface area contributed by atoms with E-state index in [0.29, 0.717) is 26.3 Å². The summed E-state index contributed by atoms with van der Waals surface area (Å²) in [6.45, 7) is 5.28. The molecule has 2 aliphatic heterocycles. The lowest BCUT2D eigenvalue weighted by atomic mass is 10.1. The maximum Gasteiger partial charge on any atom is 0.318 e. The molecule has 0 bridgehead atoms. The lowest BCUT2D eigenvalue weighted by Gasteiger charge is -2.38. The Kier molecular flexibility index (Phi) is 4.77. The second-order valence-electron chi connectivity index (χ2n) is 5.63. The van der Waals surface area contributed by atoms with Crippen molar-refractivity contribution in [3.05, 3.63) is 21.9 Å². The number of nitrogens with zero attached hydrogens (tertiary/aromatic N) is 1. The number of ether oxygens (including phenoxy) is 2. The van der Waals surface area contributed by atoms with Crippen LogP contribution in [0, 0.1) is 6.92 Å². The maximum atomic E-state index is 12.5. The zero-order valence-corrected chi connectivity index (χ0v) is 13.2. The normalized spacial score (nSPS) is 26.0. The summed E-state index contributed by atoms with van der Waals surface area (Å²) in [5.74, 6) is 0. The molecule has 0 aromatic carbocycles. The van der Waals surface area contributed by atoms with Gasteiger partial charge in [-0.25, -0.2) is 4.79 Å². The van der Waals surface area contributed by atoms with Crippen molar-refractivity contribution in [3.8, 4) is 0 Å². The Hall–Kier alpha value is -1.11. The largest absolute Gasteiger partial charge is 0.377 e. The van der Waals surface area contributed by atoms with E-state index in [1.165, 1.54) is 11.1 Å². The van der Waals surface area contributed by atoms with E-state index < -0.39 is 0 Å².